The van der Waals surface area contributed by atoms with Crippen molar-refractivity contribution in [3.8, 4) is 17.2 Å². The molecule has 3 rings (SSSR count). The zero-order chi connectivity index (χ0) is 22.4. The summed E-state index contributed by atoms with van der Waals surface area (Å²) in [6.45, 7) is 0.845. The van der Waals surface area contributed by atoms with Crippen LogP contribution in [0, 0.1) is 5.92 Å². The molecule has 1 N–H and O–H groups in total. The van der Waals surface area contributed by atoms with Crippen LogP contribution in [0.2, 0.25) is 0 Å². The van der Waals surface area contributed by atoms with E-state index in [1.807, 2.05) is 24.3 Å². The van der Waals surface area contributed by atoms with Gasteiger partial charge < -0.3 is 19.5 Å². The van der Waals surface area contributed by atoms with Gasteiger partial charge in [-0.1, -0.05) is 12.1 Å². The lowest BCUT2D eigenvalue weighted by atomic mass is 9.99. The van der Waals surface area contributed by atoms with Crippen LogP contribution in [0.15, 0.2) is 47.4 Å². The lowest BCUT2D eigenvalue weighted by Crippen LogP contribution is -2.45. The Bertz CT molecular complexity index is 1010. The van der Waals surface area contributed by atoms with Crippen molar-refractivity contribution in [2.24, 2.45) is 5.92 Å². The number of amides is 1. The van der Waals surface area contributed by atoms with Crippen LogP contribution in [-0.2, 0) is 21.4 Å². The summed E-state index contributed by atoms with van der Waals surface area (Å²) in [5.74, 6) is 0.833. The first-order valence-electron chi connectivity index (χ1n) is 10.0. The molecule has 31 heavy (non-hydrogen) atoms. The van der Waals surface area contributed by atoms with E-state index >= 15 is 0 Å². The SMILES string of the molecule is COc1ccc(CNC(=O)[C@@H]2CCCN(S(=O)(=O)c3cc(OC)ccc3OC)C2)cc1. The quantitative estimate of drug-likeness (QED) is 0.667. The second-order valence-corrected chi connectivity index (χ2v) is 9.19. The monoisotopic (exact) mass is 448 g/mol. The van der Waals surface area contributed by atoms with Crippen molar-refractivity contribution >= 4 is 15.9 Å². The minimum Gasteiger partial charge on any atom is -0.497 e. The Hall–Kier alpha value is -2.78. The molecule has 0 unspecified atom stereocenters. The Morgan fingerprint density at radius 3 is 2.35 bits per heavy atom. The largest absolute Gasteiger partial charge is 0.497 e. The molecule has 0 saturated carbocycles. The number of carbonyl (C=O) groups excluding carboxylic acids is 1. The molecule has 9 heteroatoms. The fourth-order valence-electron chi connectivity index (χ4n) is 3.58. The maximum atomic E-state index is 13.3. The number of benzene rings is 2. The molecule has 0 radical (unpaired) electrons. The van der Waals surface area contributed by atoms with Crippen LogP contribution in [-0.4, -0.2) is 53.0 Å². The van der Waals surface area contributed by atoms with E-state index in [0.717, 1.165) is 11.3 Å². The molecule has 0 aliphatic carbocycles. The molecule has 1 aliphatic heterocycles. The summed E-state index contributed by atoms with van der Waals surface area (Å²) in [7, 11) is 0.651. The standard InChI is InChI=1S/C22H28N2O6S/c1-28-18-8-6-16(7-9-18)14-23-22(25)17-5-4-12-24(15-17)31(26,27)21-13-19(29-2)10-11-20(21)30-3/h6-11,13,17H,4-5,12,14-15H2,1-3H3,(H,23,25)/t17-/m1/s1. The van der Waals surface area contributed by atoms with E-state index in [0.29, 0.717) is 31.7 Å². The van der Waals surface area contributed by atoms with Crippen LogP contribution in [0.5, 0.6) is 17.2 Å². The molecular formula is C22H28N2O6S. The number of nitrogens with zero attached hydrogens (tertiary/aromatic N) is 1. The molecule has 168 valence electrons. The smallest absolute Gasteiger partial charge is 0.246 e. The average Bonchev–Trinajstić information content (AvgIpc) is 2.82. The van der Waals surface area contributed by atoms with Crippen LogP contribution < -0.4 is 19.5 Å². The fourth-order valence-corrected chi connectivity index (χ4v) is 5.27. The van der Waals surface area contributed by atoms with Gasteiger partial charge in [-0.15, -0.1) is 0 Å². The van der Waals surface area contributed by atoms with E-state index in [4.69, 9.17) is 14.2 Å². The first-order chi connectivity index (χ1) is 14.9. The minimum atomic E-state index is -3.84. The third-order valence-electron chi connectivity index (χ3n) is 5.37. The van der Waals surface area contributed by atoms with Gasteiger partial charge in [0.1, 0.15) is 22.1 Å². The van der Waals surface area contributed by atoms with Crippen LogP contribution in [0.3, 0.4) is 0 Å². The molecule has 1 saturated heterocycles. The van der Waals surface area contributed by atoms with Crippen molar-refractivity contribution in [2.75, 3.05) is 34.4 Å². The number of piperidine rings is 1. The average molecular weight is 449 g/mol. The van der Waals surface area contributed by atoms with Gasteiger partial charge in [0, 0.05) is 25.7 Å². The maximum Gasteiger partial charge on any atom is 0.246 e. The summed E-state index contributed by atoms with van der Waals surface area (Å²) in [6.07, 6.45) is 1.24. The third kappa shape index (κ3) is 5.29. The van der Waals surface area contributed by atoms with Crippen LogP contribution >= 0.6 is 0 Å². The minimum absolute atomic E-state index is 0.0358. The second kappa shape index (κ2) is 10.0. The van der Waals surface area contributed by atoms with Gasteiger partial charge in [-0.2, -0.15) is 4.31 Å². The van der Waals surface area contributed by atoms with Gasteiger partial charge in [0.2, 0.25) is 15.9 Å². The van der Waals surface area contributed by atoms with Crippen molar-refractivity contribution in [1.82, 2.24) is 9.62 Å². The Labute approximate surface area is 183 Å². The normalized spacial score (nSPS) is 17.1. The zero-order valence-electron chi connectivity index (χ0n) is 18.0. The van der Waals surface area contributed by atoms with Gasteiger partial charge in [-0.05, 0) is 42.7 Å². The van der Waals surface area contributed by atoms with Crippen molar-refractivity contribution < 1.29 is 27.4 Å². The highest BCUT2D eigenvalue weighted by Crippen LogP contribution is 2.32. The van der Waals surface area contributed by atoms with E-state index in [9.17, 15) is 13.2 Å². The van der Waals surface area contributed by atoms with Gasteiger partial charge >= 0.3 is 0 Å². The molecule has 2 aromatic carbocycles. The molecular weight excluding hydrogens is 420 g/mol. The van der Waals surface area contributed by atoms with Gasteiger partial charge in [-0.3, -0.25) is 4.79 Å². The molecule has 1 atom stereocenters. The lowest BCUT2D eigenvalue weighted by molar-refractivity contribution is -0.126. The van der Waals surface area contributed by atoms with E-state index in [2.05, 4.69) is 5.32 Å². The molecule has 8 nitrogen and oxygen atoms in total. The van der Waals surface area contributed by atoms with Crippen LogP contribution in [0.1, 0.15) is 18.4 Å². The molecule has 1 amide bonds. The molecule has 0 spiro atoms. The molecule has 0 bridgehead atoms. The molecule has 1 aliphatic rings. The summed E-state index contributed by atoms with van der Waals surface area (Å²) in [6, 6.07) is 12.1. The number of sulfonamides is 1. The second-order valence-electron chi connectivity index (χ2n) is 7.28. The number of hydrogen-bond acceptors (Lipinski definition) is 6. The van der Waals surface area contributed by atoms with Crippen molar-refractivity contribution in [3.63, 3.8) is 0 Å². The number of ether oxygens (including phenoxy) is 3. The predicted octanol–water partition coefficient (Wildman–Crippen LogP) is 2.43. The number of carbonyl (C=O) groups is 1. The lowest BCUT2D eigenvalue weighted by Gasteiger charge is -2.31. The van der Waals surface area contributed by atoms with Crippen molar-refractivity contribution in [3.05, 3.63) is 48.0 Å². The molecule has 1 heterocycles. The first kappa shape index (κ1) is 22.9. The topological polar surface area (TPSA) is 94.2 Å². The van der Waals surface area contributed by atoms with Crippen molar-refractivity contribution in [2.45, 2.75) is 24.3 Å². The summed E-state index contributed by atoms with van der Waals surface area (Å²) in [5.41, 5.74) is 0.940. The summed E-state index contributed by atoms with van der Waals surface area (Å²) < 4.78 is 43.5. The van der Waals surface area contributed by atoms with E-state index in [-0.39, 0.29) is 23.1 Å². The third-order valence-corrected chi connectivity index (χ3v) is 7.26. The van der Waals surface area contributed by atoms with Crippen LogP contribution in [0.4, 0.5) is 0 Å². The Kier molecular flexibility index (Phi) is 7.40. The van der Waals surface area contributed by atoms with Gasteiger partial charge in [-0.25, -0.2) is 8.42 Å². The number of methoxy groups -OCH3 is 3. The Morgan fingerprint density at radius 2 is 1.71 bits per heavy atom. The maximum absolute atomic E-state index is 13.3. The van der Waals surface area contributed by atoms with Crippen molar-refractivity contribution in [1.29, 1.82) is 0 Å². The summed E-state index contributed by atoms with van der Waals surface area (Å²) in [4.78, 5) is 12.8. The summed E-state index contributed by atoms with van der Waals surface area (Å²) in [5, 5.41) is 2.91. The number of rotatable bonds is 8. The highest BCUT2D eigenvalue weighted by molar-refractivity contribution is 7.89. The highest BCUT2D eigenvalue weighted by Gasteiger charge is 2.35. The molecule has 0 aromatic heterocycles. The van der Waals surface area contributed by atoms with E-state index in [1.165, 1.54) is 24.6 Å². The van der Waals surface area contributed by atoms with Gasteiger partial charge in [0.05, 0.1) is 27.2 Å². The zero-order valence-corrected chi connectivity index (χ0v) is 18.8. The number of nitrogens with one attached hydrogen (secondary N) is 1. The van der Waals surface area contributed by atoms with E-state index in [1.54, 1.807) is 19.2 Å². The van der Waals surface area contributed by atoms with Gasteiger partial charge in [0.25, 0.3) is 0 Å². The summed E-state index contributed by atoms with van der Waals surface area (Å²) >= 11 is 0. The number of hydrogen-bond donors (Lipinski definition) is 1. The van der Waals surface area contributed by atoms with Gasteiger partial charge in [0.15, 0.2) is 0 Å². The van der Waals surface area contributed by atoms with Crippen LogP contribution in [0.25, 0.3) is 0 Å². The molecule has 2 aromatic rings. The fraction of sp³-hybridized carbons (Fsp3) is 0.409. The Morgan fingerprint density at radius 1 is 1.03 bits per heavy atom. The van der Waals surface area contributed by atoms with E-state index < -0.39 is 15.9 Å². The highest BCUT2D eigenvalue weighted by atomic mass is 32.2. The molecule has 1 fully saturated rings. The first-order valence-corrected chi connectivity index (χ1v) is 11.5. The Balaban J connectivity index is 1.69. The predicted molar refractivity (Wildman–Crippen MR) is 116 cm³/mol.